The van der Waals surface area contributed by atoms with Crippen LogP contribution in [0.4, 0.5) is 4.39 Å². The lowest BCUT2D eigenvalue weighted by atomic mass is 9.82. The maximum absolute atomic E-state index is 13.8. The van der Waals surface area contributed by atoms with Gasteiger partial charge in [0.2, 0.25) is 0 Å². The van der Waals surface area contributed by atoms with Crippen molar-refractivity contribution in [2.24, 2.45) is 5.73 Å². The van der Waals surface area contributed by atoms with Crippen LogP contribution in [0, 0.1) is 5.82 Å². The maximum Gasteiger partial charge on any atom is 0.148 e. The second-order valence-corrected chi connectivity index (χ2v) is 4.62. The number of nitrogens with two attached hydrogens (primary N) is 1. The lowest BCUT2D eigenvalue weighted by Gasteiger charge is -2.26. The van der Waals surface area contributed by atoms with E-state index in [-0.39, 0.29) is 5.82 Å². The van der Waals surface area contributed by atoms with Gasteiger partial charge < -0.3 is 5.73 Å². The Morgan fingerprint density at radius 1 is 1.33 bits per heavy atom. The first kappa shape index (κ1) is 11.3. The van der Waals surface area contributed by atoms with Crippen molar-refractivity contribution in [1.82, 2.24) is 15.0 Å². The van der Waals surface area contributed by atoms with Gasteiger partial charge in [-0.05, 0) is 25.0 Å². The molecule has 0 bridgehead atoms. The molecule has 2 aromatic rings. The summed E-state index contributed by atoms with van der Waals surface area (Å²) in [5, 5.41) is 8.14. The van der Waals surface area contributed by atoms with E-state index in [2.05, 4.69) is 10.3 Å². The van der Waals surface area contributed by atoms with Crippen LogP contribution in [0.25, 0.3) is 5.69 Å². The summed E-state index contributed by atoms with van der Waals surface area (Å²) in [5.74, 6) is 0.129. The smallest absolute Gasteiger partial charge is 0.148 e. The highest BCUT2D eigenvalue weighted by atomic mass is 19.1. The molecule has 1 saturated carbocycles. The monoisotopic (exact) mass is 246 g/mol. The van der Waals surface area contributed by atoms with Crippen LogP contribution in [0.15, 0.2) is 24.3 Å². The lowest BCUT2D eigenvalue weighted by molar-refractivity contribution is 0.399. The van der Waals surface area contributed by atoms with Crippen molar-refractivity contribution in [3.63, 3.8) is 0 Å². The molecule has 0 atom stereocenters. The van der Waals surface area contributed by atoms with Crippen molar-refractivity contribution in [1.29, 1.82) is 0 Å². The van der Waals surface area contributed by atoms with Crippen LogP contribution >= 0.6 is 0 Å². The molecule has 4 nitrogen and oxygen atoms in total. The topological polar surface area (TPSA) is 56.7 Å². The minimum absolute atomic E-state index is 0.286. The molecule has 1 fully saturated rings. The van der Waals surface area contributed by atoms with Gasteiger partial charge in [-0.15, -0.1) is 5.10 Å². The van der Waals surface area contributed by atoms with Gasteiger partial charge in [0.05, 0.1) is 5.69 Å². The number of halogens is 1. The highest BCUT2D eigenvalue weighted by Crippen LogP contribution is 2.38. The zero-order valence-electron chi connectivity index (χ0n) is 10.0. The minimum Gasteiger partial charge on any atom is -0.325 e. The van der Waals surface area contributed by atoms with Gasteiger partial charge in [0.15, 0.2) is 0 Å². The van der Waals surface area contributed by atoms with Crippen molar-refractivity contribution in [3.05, 3.63) is 41.5 Å². The summed E-state index contributed by atoms with van der Waals surface area (Å²) in [7, 11) is 0. The average Bonchev–Trinajstić information content (AvgIpc) is 2.71. The van der Waals surface area contributed by atoms with Gasteiger partial charge >= 0.3 is 0 Å². The quantitative estimate of drug-likeness (QED) is 0.902. The second-order valence-electron chi connectivity index (χ2n) is 4.62. The van der Waals surface area contributed by atoms with E-state index in [9.17, 15) is 4.39 Å². The molecule has 0 aliphatic heterocycles. The average molecular weight is 246 g/mol. The van der Waals surface area contributed by atoms with Gasteiger partial charge in [0.25, 0.3) is 0 Å². The van der Waals surface area contributed by atoms with E-state index in [1.807, 2.05) is 0 Å². The number of benzene rings is 1. The summed E-state index contributed by atoms with van der Waals surface area (Å²) in [6.07, 6.45) is 3.42. The lowest BCUT2D eigenvalue weighted by Crippen LogP contribution is -2.17. The Bertz CT molecular complexity index is 560. The highest BCUT2D eigenvalue weighted by molar-refractivity contribution is 5.36. The Morgan fingerprint density at radius 2 is 2.11 bits per heavy atom. The molecule has 2 N–H and O–H groups in total. The van der Waals surface area contributed by atoms with Gasteiger partial charge in [0, 0.05) is 12.5 Å². The summed E-state index contributed by atoms with van der Waals surface area (Å²) < 4.78 is 15.4. The summed E-state index contributed by atoms with van der Waals surface area (Å²) in [6.45, 7) is 0.348. The first-order chi connectivity index (χ1) is 8.81. The van der Waals surface area contributed by atoms with Crippen molar-refractivity contribution in [3.8, 4) is 5.69 Å². The third-order valence-corrected chi connectivity index (χ3v) is 3.54. The molecule has 1 aliphatic rings. The molecule has 0 radical (unpaired) electrons. The van der Waals surface area contributed by atoms with Crippen LogP contribution < -0.4 is 5.73 Å². The van der Waals surface area contributed by atoms with Gasteiger partial charge in [-0.1, -0.05) is 23.8 Å². The summed E-state index contributed by atoms with van der Waals surface area (Å²) in [4.78, 5) is 0. The van der Waals surface area contributed by atoms with Crippen LogP contribution in [0.5, 0.6) is 0 Å². The van der Waals surface area contributed by atoms with Crippen LogP contribution in [0.2, 0.25) is 0 Å². The number of hydrogen-bond acceptors (Lipinski definition) is 3. The molecule has 5 heteroatoms. The zero-order valence-corrected chi connectivity index (χ0v) is 10.0. The second kappa shape index (κ2) is 4.49. The molecule has 1 heterocycles. The molecule has 1 aliphatic carbocycles. The van der Waals surface area contributed by atoms with E-state index in [0.717, 1.165) is 24.2 Å². The van der Waals surface area contributed by atoms with Crippen molar-refractivity contribution in [2.45, 2.75) is 31.7 Å². The van der Waals surface area contributed by atoms with Crippen LogP contribution in [0.3, 0.4) is 0 Å². The third kappa shape index (κ3) is 1.71. The molecular weight excluding hydrogens is 231 g/mol. The molecule has 1 aromatic heterocycles. The van der Waals surface area contributed by atoms with Gasteiger partial charge in [-0.3, -0.25) is 0 Å². The molecular formula is C13H15FN4. The Balaban J connectivity index is 2.12. The van der Waals surface area contributed by atoms with Gasteiger partial charge in [-0.25, -0.2) is 9.07 Å². The van der Waals surface area contributed by atoms with E-state index in [4.69, 9.17) is 5.73 Å². The van der Waals surface area contributed by atoms with Crippen LogP contribution in [-0.4, -0.2) is 15.0 Å². The highest BCUT2D eigenvalue weighted by Gasteiger charge is 2.28. The summed E-state index contributed by atoms with van der Waals surface area (Å²) >= 11 is 0. The number of rotatable bonds is 3. The zero-order chi connectivity index (χ0) is 12.5. The van der Waals surface area contributed by atoms with E-state index in [0.29, 0.717) is 18.2 Å². The molecule has 0 spiro atoms. The van der Waals surface area contributed by atoms with E-state index < -0.39 is 0 Å². The molecule has 1 aromatic carbocycles. The molecule has 0 unspecified atom stereocenters. The summed E-state index contributed by atoms with van der Waals surface area (Å²) in [6, 6.07) is 6.62. The van der Waals surface area contributed by atoms with Gasteiger partial charge in [-0.2, -0.15) is 0 Å². The Kier molecular flexibility index (Phi) is 2.83. The summed E-state index contributed by atoms with van der Waals surface area (Å²) in [5.41, 5.74) is 7.90. The van der Waals surface area contributed by atoms with E-state index in [1.165, 1.54) is 12.5 Å². The van der Waals surface area contributed by atoms with Gasteiger partial charge in [0.1, 0.15) is 17.2 Å². The number of hydrogen-bond donors (Lipinski definition) is 1. The fraction of sp³-hybridized carbons (Fsp3) is 0.385. The normalized spacial score (nSPS) is 15.7. The Hall–Kier alpha value is -1.75. The van der Waals surface area contributed by atoms with Crippen LogP contribution in [0.1, 0.15) is 36.6 Å². The fourth-order valence-electron chi connectivity index (χ4n) is 2.36. The maximum atomic E-state index is 13.8. The number of para-hydroxylation sites is 1. The van der Waals surface area contributed by atoms with E-state index in [1.54, 1.807) is 22.9 Å². The predicted octanol–water partition coefficient (Wildman–Crippen LogP) is 2.13. The molecule has 18 heavy (non-hydrogen) atoms. The molecule has 94 valence electrons. The number of nitrogens with zero attached hydrogens (tertiary/aromatic N) is 3. The fourth-order valence-corrected chi connectivity index (χ4v) is 2.36. The molecule has 3 rings (SSSR count). The minimum atomic E-state index is -0.286. The number of aromatic nitrogens is 3. The van der Waals surface area contributed by atoms with Crippen molar-refractivity contribution in [2.75, 3.05) is 0 Å². The predicted molar refractivity (Wildman–Crippen MR) is 65.8 cm³/mol. The standard InChI is InChI=1S/C13H15FN4/c14-10-6-1-2-7-12(10)18-13(9-4-3-5-9)11(8-15)16-17-18/h1-2,6-7,9H,3-5,8,15H2. The van der Waals surface area contributed by atoms with E-state index >= 15 is 0 Å². The molecule has 0 saturated heterocycles. The van der Waals surface area contributed by atoms with Crippen molar-refractivity contribution < 1.29 is 4.39 Å². The van der Waals surface area contributed by atoms with Crippen LogP contribution in [-0.2, 0) is 6.54 Å². The molecule has 0 amide bonds. The van der Waals surface area contributed by atoms with Crippen molar-refractivity contribution >= 4 is 0 Å². The first-order valence-corrected chi connectivity index (χ1v) is 6.20. The Labute approximate surface area is 105 Å². The SMILES string of the molecule is NCc1nnn(-c2ccccc2F)c1C1CCC1. The third-order valence-electron chi connectivity index (χ3n) is 3.54. The Morgan fingerprint density at radius 3 is 2.72 bits per heavy atom. The largest absolute Gasteiger partial charge is 0.325 e. The first-order valence-electron chi connectivity index (χ1n) is 6.20.